The number of carbonyl (C=O) groups excluding carboxylic acids is 3. The zero-order chi connectivity index (χ0) is 31.0. The lowest BCUT2D eigenvalue weighted by atomic mass is 9.77. The van der Waals surface area contributed by atoms with Crippen molar-refractivity contribution in [2.45, 2.75) is 56.5 Å². The van der Waals surface area contributed by atoms with Gasteiger partial charge in [-0.2, -0.15) is 10.4 Å². The van der Waals surface area contributed by atoms with Gasteiger partial charge in [0.15, 0.2) is 5.78 Å². The van der Waals surface area contributed by atoms with Crippen LogP contribution in [0.25, 0.3) is 10.9 Å². The predicted molar refractivity (Wildman–Crippen MR) is 159 cm³/mol. The van der Waals surface area contributed by atoms with Crippen molar-refractivity contribution in [1.82, 2.24) is 15.2 Å². The molecule has 12 heteroatoms. The molecule has 0 spiro atoms. The van der Waals surface area contributed by atoms with Gasteiger partial charge < -0.3 is 0 Å². The van der Waals surface area contributed by atoms with Crippen LogP contribution >= 0.6 is 11.6 Å². The Kier molecular flexibility index (Phi) is 7.86. The van der Waals surface area contributed by atoms with Crippen LogP contribution in [0, 0.1) is 17.2 Å². The topological polar surface area (TPSA) is 123 Å². The van der Waals surface area contributed by atoms with Crippen molar-refractivity contribution >= 4 is 51.6 Å². The number of alkyl halides is 2. The molecule has 44 heavy (non-hydrogen) atoms. The van der Waals surface area contributed by atoms with Crippen LogP contribution in [0.2, 0.25) is 5.02 Å². The molecule has 2 aromatic heterocycles. The number of carbonyl (C=O) groups is 3. The van der Waals surface area contributed by atoms with Crippen molar-refractivity contribution in [3.8, 4) is 6.07 Å². The summed E-state index contributed by atoms with van der Waals surface area (Å²) >= 11 is 6.65. The quantitative estimate of drug-likeness (QED) is 0.241. The first-order valence-corrected chi connectivity index (χ1v) is 14.6. The van der Waals surface area contributed by atoms with Crippen molar-refractivity contribution < 1.29 is 23.2 Å². The number of Topliss-reactive ketones (excluding diaryl/α,β-unsaturated/α-hetero) is 1. The molecule has 0 unspecified atom stereocenters. The van der Waals surface area contributed by atoms with E-state index in [-0.39, 0.29) is 72.5 Å². The van der Waals surface area contributed by atoms with Crippen LogP contribution in [-0.2, 0) is 14.4 Å². The van der Waals surface area contributed by atoms with E-state index in [1.807, 2.05) is 6.07 Å². The fourth-order valence-electron chi connectivity index (χ4n) is 6.09. The number of fused-ring (bicyclic) bond motifs is 1. The molecule has 1 saturated carbocycles. The Balaban J connectivity index is 1.44. The fraction of sp³-hybridized carbons (Fsp3) is 0.312. The van der Waals surface area contributed by atoms with E-state index in [2.05, 4.69) is 15.2 Å². The normalized spacial score (nSPS) is 18.5. The molecule has 1 aliphatic heterocycles. The summed E-state index contributed by atoms with van der Waals surface area (Å²) in [5, 5.41) is 17.3. The number of H-pyrrole nitrogens is 1. The molecule has 2 atom stereocenters. The standard InChI is InChI=1S/C32H27ClF2N6O3/c33-24-4-2-1-3-23(24)30(27(42)9-5-20-15-32(34,35)16-20)40(22-6-7-25-21(14-22)18-38-39-25)31(44)26-8-10-29(43)41(26)28-13-19(17-36)11-12-37-28/h1-4,6-7,11-14,18,20,26,30H,5,8-10,15-16H2,(H,38,39)/t26-,30-/m0/s1. The lowest BCUT2D eigenvalue weighted by Crippen LogP contribution is -2.50. The van der Waals surface area contributed by atoms with Gasteiger partial charge in [0, 0.05) is 53.5 Å². The second-order valence-electron chi connectivity index (χ2n) is 11.2. The minimum Gasteiger partial charge on any atom is -0.297 e. The summed E-state index contributed by atoms with van der Waals surface area (Å²) in [4.78, 5) is 49.0. The number of rotatable bonds is 9. The number of nitrogens with one attached hydrogen (secondary N) is 1. The molecule has 2 aromatic carbocycles. The summed E-state index contributed by atoms with van der Waals surface area (Å²) in [6, 6.07) is 14.5. The van der Waals surface area contributed by atoms with Crippen molar-refractivity contribution in [2.24, 2.45) is 5.92 Å². The summed E-state index contributed by atoms with van der Waals surface area (Å²) in [6.45, 7) is 0. The molecule has 1 N–H and O–H groups in total. The van der Waals surface area contributed by atoms with Crippen LogP contribution in [0.1, 0.15) is 55.7 Å². The first-order chi connectivity index (χ1) is 21.1. The number of aromatic amines is 1. The van der Waals surface area contributed by atoms with Crippen LogP contribution in [0.4, 0.5) is 20.3 Å². The lowest BCUT2D eigenvalue weighted by molar-refractivity contribution is -0.129. The zero-order valence-corrected chi connectivity index (χ0v) is 24.2. The second-order valence-corrected chi connectivity index (χ2v) is 11.6. The Hall–Kier alpha value is -4.69. The molecular formula is C32H27ClF2N6O3. The Bertz CT molecular complexity index is 1800. The zero-order valence-electron chi connectivity index (χ0n) is 23.4. The molecule has 0 bridgehead atoms. The van der Waals surface area contributed by atoms with E-state index in [9.17, 15) is 28.4 Å². The molecule has 224 valence electrons. The van der Waals surface area contributed by atoms with Crippen LogP contribution in [0.3, 0.4) is 0 Å². The molecule has 1 saturated heterocycles. The Morgan fingerprint density at radius 2 is 1.98 bits per heavy atom. The number of ketones is 1. The molecule has 0 radical (unpaired) electrons. The van der Waals surface area contributed by atoms with Crippen molar-refractivity contribution in [1.29, 1.82) is 5.26 Å². The van der Waals surface area contributed by atoms with Gasteiger partial charge in [0.25, 0.3) is 5.91 Å². The van der Waals surface area contributed by atoms with E-state index < -0.39 is 23.9 Å². The van der Waals surface area contributed by atoms with Gasteiger partial charge in [0.05, 0.1) is 23.3 Å². The Morgan fingerprint density at radius 3 is 2.73 bits per heavy atom. The molecular weight excluding hydrogens is 590 g/mol. The number of hydrogen-bond acceptors (Lipinski definition) is 6. The third kappa shape index (κ3) is 5.65. The average molecular weight is 617 g/mol. The minimum absolute atomic E-state index is 0.0482. The van der Waals surface area contributed by atoms with E-state index >= 15 is 0 Å². The maximum absolute atomic E-state index is 14.7. The molecule has 1 aliphatic carbocycles. The minimum atomic E-state index is -2.72. The number of anilines is 2. The molecule has 4 aromatic rings. The van der Waals surface area contributed by atoms with Crippen molar-refractivity contribution in [3.63, 3.8) is 0 Å². The summed E-state index contributed by atoms with van der Waals surface area (Å²) in [7, 11) is 0. The molecule has 6 rings (SSSR count). The number of nitriles is 1. The third-order valence-corrected chi connectivity index (χ3v) is 8.64. The maximum Gasteiger partial charge on any atom is 0.251 e. The van der Waals surface area contributed by atoms with E-state index in [4.69, 9.17) is 11.6 Å². The number of aromatic nitrogens is 3. The summed E-state index contributed by atoms with van der Waals surface area (Å²) < 4.78 is 27.1. The number of benzene rings is 2. The van der Waals surface area contributed by atoms with Gasteiger partial charge in [-0.3, -0.25) is 29.3 Å². The van der Waals surface area contributed by atoms with Gasteiger partial charge in [-0.1, -0.05) is 29.8 Å². The average Bonchev–Trinajstić information content (AvgIpc) is 3.63. The predicted octanol–water partition coefficient (Wildman–Crippen LogP) is 6.15. The molecule has 2 aliphatic rings. The van der Waals surface area contributed by atoms with Gasteiger partial charge in [-0.15, -0.1) is 0 Å². The fourth-order valence-corrected chi connectivity index (χ4v) is 6.33. The first kappa shape index (κ1) is 29.4. The first-order valence-electron chi connectivity index (χ1n) is 14.2. The molecule has 3 heterocycles. The highest BCUT2D eigenvalue weighted by atomic mass is 35.5. The van der Waals surface area contributed by atoms with Gasteiger partial charge in [-0.05, 0) is 55.2 Å². The summed E-state index contributed by atoms with van der Waals surface area (Å²) in [5.74, 6) is -4.11. The highest BCUT2D eigenvalue weighted by molar-refractivity contribution is 6.32. The number of pyridine rings is 1. The van der Waals surface area contributed by atoms with Crippen molar-refractivity contribution in [3.05, 3.63) is 83.1 Å². The highest BCUT2D eigenvalue weighted by Crippen LogP contribution is 2.45. The maximum atomic E-state index is 14.7. The number of hydrogen-bond donors (Lipinski definition) is 1. The van der Waals surface area contributed by atoms with Crippen LogP contribution in [-0.4, -0.2) is 44.7 Å². The van der Waals surface area contributed by atoms with Gasteiger partial charge in [-0.25, -0.2) is 13.8 Å². The number of amides is 2. The smallest absolute Gasteiger partial charge is 0.251 e. The monoisotopic (exact) mass is 616 g/mol. The number of nitrogens with zero attached hydrogens (tertiary/aromatic N) is 5. The molecule has 2 amide bonds. The van der Waals surface area contributed by atoms with E-state index in [1.165, 1.54) is 28.1 Å². The Morgan fingerprint density at radius 1 is 1.18 bits per heavy atom. The summed E-state index contributed by atoms with van der Waals surface area (Å²) in [6.07, 6.45) is 2.85. The van der Waals surface area contributed by atoms with Gasteiger partial charge in [0.2, 0.25) is 11.8 Å². The van der Waals surface area contributed by atoms with Crippen LogP contribution in [0.15, 0.2) is 67.0 Å². The van der Waals surface area contributed by atoms with Crippen LogP contribution in [0.5, 0.6) is 0 Å². The van der Waals surface area contributed by atoms with Crippen LogP contribution < -0.4 is 9.80 Å². The van der Waals surface area contributed by atoms with Gasteiger partial charge >= 0.3 is 0 Å². The second kappa shape index (κ2) is 11.8. The van der Waals surface area contributed by atoms with E-state index in [0.717, 1.165) is 0 Å². The van der Waals surface area contributed by atoms with E-state index in [1.54, 1.807) is 48.7 Å². The lowest BCUT2D eigenvalue weighted by Gasteiger charge is -2.37. The molecule has 2 fully saturated rings. The largest absolute Gasteiger partial charge is 0.297 e. The van der Waals surface area contributed by atoms with E-state index in [0.29, 0.717) is 22.2 Å². The highest BCUT2D eigenvalue weighted by Gasteiger charge is 2.47. The molecule has 9 nitrogen and oxygen atoms in total. The third-order valence-electron chi connectivity index (χ3n) is 8.29. The van der Waals surface area contributed by atoms with Gasteiger partial charge in [0.1, 0.15) is 17.9 Å². The Labute approximate surface area is 256 Å². The van der Waals surface area contributed by atoms with Crippen molar-refractivity contribution in [2.75, 3.05) is 9.80 Å². The SMILES string of the molecule is N#Cc1ccnc(N2C(=O)CC[C@H]2C(=O)N(c2ccc3[nH]ncc3c2)[C@H](C(=O)CCC2CC(F)(F)C2)c2ccccc2Cl)c1. The number of halogens is 3. The summed E-state index contributed by atoms with van der Waals surface area (Å²) in [5.41, 5.74) is 1.73.